The highest BCUT2D eigenvalue weighted by atomic mass is 79.9. The summed E-state index contributed by atoms with van der Waals surface area (Å²) < 4.78 is 12.2. The molecule has 3 N–H and O–H groups in total. The summed E-state index contributed by atoms with van der Waals surface area (Å²) in [7, 11) is 1.56. The van der Waals surface area contributed by atoms with Gasteiger partial charge in [0.1, 0.15) is 12.6 Å². The summed E-state index contributed by atoms with van der Waals surface area (Å²) in [6.45, 7) is 0.293. The van der Waals surface area contributed by atoms with Crippen molar-refractivity contribution in [1.29, 1.82) is 0 Å². The molecule has 3 heterocycles. The number of carboxylic acid groups (broad SMARTS) is 1. The Balaban J connectivity index is 1.65. The Morgan fingerprint density at radius 1 is 1.34 bits per heavy atom. The molecule has 150 valence electrons. The van der Waals surface area contributed by atoms with E-state index in [2.05, 4.69) is 36.2 Å². The van der Waals surface area contributed by atoms with Crippen LogP contribution in [0.15, 0.2) is 47.3 Å². The number of rotatable bonds is 6. The summed E-state index contributed by atoms with van der Waals surface area (Å²) in [5.74, 6) is 0.174. The third-order valence-corrected chi connectivity index (χ3v) is 5.36. The molecule has 0 fully saturated rings. The van der Waals surface area contributed by atoms with E-state index in [0.717, 1.165) is 22.6 Å². The standard InChI is InChI=1S/C20H19BrN4O4/c1-28-16-7-11(6-13(21)19(16)29-9-12-4-2-3-5-22-12)17-18-14(23-10-24-18)8-15(25-17)20(26)27/h2-7,10,15,17,25H,8-9H2,1H3,(H,23,24)(H,26,27)/t15-,17-/m1/s1. The fourth-order valence-electron chi connectivity index (χ4n) is 3.38. The van der Waals surface area contributed by atoms with Gasteiger partial charge in [-0.1, -0.05) is 6.07 Å². The number of pyridine rings is 1. The zero-order valence-corrected chi connectivity index (χ0v) is 17.1. The molecule has 0 radical (unpaired) electrons. The topological polar surface area (TPSA) is 109 Å². The number of aromatic nitrogens is 3. The molecule has 2 atom stereocenters. The van der Waals surface area contributed by atoms with Crippen LogP contribution in [0.3, 0.4) is 0 Å². The van der Waals surface area contributed by atoms with Crippen molar-refractivity contribution < 1.29 is 19.4 Å². The van der Waals surface area contributed by atoms with E-state index in [9.17, 15) is 9.90 Å². The molecule has 1 aromatic carbocycles. The number of nitrogens with zero attached hydrogens (tertiary/aromatic N) is 2. The Hall–Kier alpha value is -2.91. The number of methoxy groups -OCH3 is 1. The normalized spacial score (nSPS) is 18.1. The zero-order valence-electron chi connectivity index (χ0n) is 15.6. The first kappa shape index (κ1) is 19.4. The predicted molar refractivity (Wildman–Crippen MR) is 108 cm³/mol. The first-order chi connectivity index (χ1) is 14.1. The van der Waals surface area contributed by atoms with Crippen LogP contribution in [0, 0.1) is 0 Å². The number of fused-ring (bicyclic) bond motifs is 1. The van der Waals surface area contributed by atoms with Crippen molar-refractivity contribution >= 4 is 21.9 Å². The zero-order chi connectivity index (χ0) is 20.4. The van der Waals surface area contributed by atoms with Gasteiger partial charge in [-0.05, 0) is 45.8 Å². The predicted octanol–water partition coefficient (Wildman–Crippen LogP) is 2.84. The first-order valence-corrected chi connectivity index (χ1v) is 9.77. The minimum absolute atomic E-state index is 0.293. The van der Waals surface area contributed by atoms with Crippen molar-refractivity contribution in [3.8, 4) is 11.5 Å². The summed E-state index contributed by atoms with van der Waals surface area (Å²) >= 11 is 3.56. The van der Waals surface area contributed by atoms with Crippen LogP contribution < -0.4 is 14.8 Å². The number of carboxylic acids is 1. The van der Waals surface area contributed by atoms with Crippen molar-refractivity contribution in [3.63, 3.8) is 0 Å². The molecule has 0 bridgehead atoms. The van der Waals surface area contributed by atoms with E-state index >= 15 is 0 Å². The van der Waals surface area contributed by atoms with Crippen molar-refractivity contribution in [1.82, 2.24) is 20.3 Å². The molecule has 0 spiro atoms. The Kier molecular flexibility index (Phi) is 5.50. The van der Waals surface area contributed by atoms with E-state index in [0.29, 0.717) is 29.0 Å². The molecular formula is C20H19BrN4O4. The fraction of sp³-hybridized carbons (Fsp3) is 0.250. The quantitative estimate of drug-likeness (QED) is 0.520. The van der Waals surface area contributed by atoms with E-state index in [-0.39, 0.29) is 6.04 Å². The lowest BCUT2D eigenvalue weighted by Crippen LogP contribution is -2.45. The van der Waals surface area contributed by atoms with Gasteiger partial charge in [0.15, 0.2) is 11.5 Å². The minimum atomic E-state index is -0.906. The average molecular weight is 459 g/mol. The van der Waals surface area contributed by atoms with Crippen LogP contribution in [0.1, 0.15) is 28.7 Å². The number of nitrogens with one attached hydrogen (secondary N) is 2. The van der Waals surface area contributed by atoms with Gasteiger partial charge in [0.25, 0.3) is 0 Å². The smallest absolute Gasteiger partial charge is 0.321 e. The molecular weight excluding hydrogens is 440 g/mol. The largest absolute Gasteiger partial charge is 0.493 e. The maximum absolute atomic E-state index is 11.6. The van der Waals surface area contributed by atoms with Gasteiger partial charge >= 0.3 is 5.97 Å². The molecule has 0 amide bonds. The number of ether oxygens (including phenoxy) is 2. The van der Waals surface area contributed by atoms with Crippen LogP contribution in [-0.4, -0.2) is 39.2 Å². The highest BCUT2D eigenvalue weighted by Gasteiger charge is 2.34. The highest BCUT2D eigenvalue weighted by Crippen LogP contribution is 2.40. The summed E-state index contributed by atoms with van der Waals surface area (Å²) in [6, 6.07) is 8.25. The lowest BCUT2D eigenvalue weighted by Gasteiger charge is -2.29. The third kappa shape index (κ3) is 3.96. The average Bonchev–Trinajstić information content (AvgIpc) is 3.21. The molecule has 0 saturated heterocycles. The van der Waals surface area contributed by atoms with Crippen LogP contribution in [-0.2, 0) is 17.8 Å². The van der Waals surface area contributed by atoms with Gasteiger partial charge < -0.3 is 19.6 Å². The molecule has 9 heteroatoms. The van der Waals surface area contributed by atoms with E-state index in [1.54, 1.807) is 19.6 Å². The summed E-state index contributed by atoms with van der Waals surface area (Å²) in [6.07, 6.45) is 3.65. The van der Waals surface area contributed by atoms with Gasteiger partial charge in [0, 0.05) is 18.3 Å². The number of aromatic amines is 1. The molecule has 0 aliphatic carbocycles. The van der Waals surface area contributed by atoms with Crippen molar-refractivity contribution in [2.75, 3.05) is 7.11 Å². The van der Waals surface area contributed by atoms with Gasteiger partial charge in [-0.15, -0.1) is 0 Å². The van der Waals surface area contributed by atoms with Gasteiger partial charge in [0.05, 0.1) is 35.3 Å². The van der Waals surface area contributed by atoms with Gasteiger partial charge in [-0.25, -0.2) is 4.98 Å². The number of benzene rings is 1. The van der Waals surface area contributed by atoms with Gasteiger partial charge in [-0.3, -0.25) is 15.1 Å². The lowest BCUT2D eigenvalue weighted by molar-refractivity contribution is -0.139. The van der Waals surface area contributed by atoms with Gasteiger partial charge in [-0.2, -0.15) is 0 Å². The number of hydrogen-bond donors (Lipinski definition) is 3. The second-order valence-corrected chi connectivity index (χ2v) is 7.46. The van der Waals surface area contributed by atoms with Crippen LogP contribution in [0.4, 0.5) is 0 Å². The maximum Gasteiger partial charge on any atom is 0.321 e. The summed E-state index contributed by atoms with van der Waals surface area (Å²) in [4.78, 5) is 23.3. The first-order valence-electron chi connectivity index (χ1n) is 8.98. The number of imidazole rings is 1. The second kappa shape index (κ2) is 8.22. The molecule has 1 aliphatic heterocycles. The molecule has 0 saturated carbocycles. The van der Waals surface area contributed by atoms with Crippen molar-refractivity contribution in [3.05, 3.63) is 70.0 Å². The number of hydrogen-bond acceptors (Lipinski definition) is 6. The fourth-order valence-corrected chi connectivity index (χ4v) is 3.95. The molecule has 0 unspecified atom stereocenters. The SMILES string of the molecule is COc1cc([C@H]2N[C@@H](C(=O)O)Cc3[nH]cnc32)cc(Br)c1OCc1ccccn1. The van der Waals surface area contributed by atoms with Crippen molar-refractivity contribution in [2.45, 2.75) is 25.1 Å². The van der Waals surface area contributed by atoms with Crippen molar-refractivity contribution in [2.24, 2.45) is 0 Å². The Bertz CT molecular complexity index is 1020. The Labute approximate surface area is 175 Å². The minimum Gasteiger partial charge on any atom is -0.493 e. The van der Waals surface area contributed by atoms with Crippen LogP contribution >= 0.6 is 15.9 Å². The third-order valence-electron chi connectivity index (χ3n) is 4.77. The number of carbonyl (C=O) groups is 1. The molecule has 2 aromatic heterocycles. The summed E-state index contributed by atoms with van der Waals surface area (Å²) in [5, 5.41) is 12.6. The molecule has 8 nitrogen and oxygen atoms in total. The molecule has 4 rings (SSSR count). The Morgan fingerprint density at radius 3 is 2.93 bits per heavy atom. The van der Waals surface area contributed by atoms with E-state index in [1.165, 1.54) is 0 Å². The Morgan fingerprint density at radius 2 is 2.21 bits per heavy atom. The number of aliphatic carboxylic acids is 1. The molecule has 3 aromatic rings. The van der Waals surface area contributed by atoms with Crippen LogP contribution in [0.5, 0.6) is 11.5 Å². The van der Waals surface area contributed by atoms with E-state index in [1.807, 2.05) is 30.3 Å². The van der Waals surface area contributed by atoms with Crippen LogP contribution in [0.2, 0.25) is 0 Å². The van der Waals surface area contributed by atoms with Crippen LogP contribution in [0.25, 0.3) is 0 Å². The number of H-pyrrole nitrogens is 1. The lowest BCUT2D eigenvalue weighted by atomic mass is 9.93. The number of halogens is 1. The second-order valence-electron chi connectivity index (χ2n) is 6.60. The van der Waals surface area contributed by atoms with Gasteiger partial charge in [0.2, 0.25) is 0 Å². The molecule has 29 heavy (non-hydrogen) atoms. The summed E-state index contributed by atoms with van der Waals surface area (Å²) in [5.41, 5.74) is 3.20. The molecule has 1 aliphatic rings. The maximum atomic E-state index is 11.6. The van der Waals surface area contributed by atoms with E-state index in [4.69, 9.17) is 9.47 Å². The highest BCUT2D eigenvalue weighted by molar-refractivity contribution is 9.10. The monoisotopic (exact) mass is 458 g/mol. The van der Waals surface area contributed by atoms with E-state index < -0.39 is 12.0 Å².